The number of carboxylic acid groups (broad SMARTS) is 1. The summed E-state index contributed by atoms with van der Waals surface area (Å²) < 4.78 is 0. The van der Waals surface area contributed by atoms with Crippen molar-refractivity contribution < 1.29 is 9.90 Å². The van der Waals surface area contributed by atoms with E-state index in [1.54, 1.807) is 0 Å². The molecule has 5 aliphatic carbocycles. The van der Waals surface area contributed by atoms with Crippen molar-refractivity contribution in [3.63, 3.8) is 0 Å². The van der Waals surface area contributed by atoms with E-state index < -0.39 is 5.97 Å². The lowest BCUT2D eigenvalue weighted by atomic mass is 9.32. The second-order valence-electron chi connectivity index (χ2n) is 20.2. The Morgan fingerprint density at radius 1 is 0.735 bits per heavy atom. The third-order valence-electron chi connectivity index (χ3n) is 17.2. The van der Waals surface area contributed by atoms with Crippen LogP contribution in [0, 0.1) is 57.2 Å². The molecule has 1 aromatic carbocycles. The normalized spacial score (nSPS) is 41.4. The standard InChI is InChI=1S/C44H73N3O2/c1-30(2)33-18-23-44(47(28-26-45(8)9)29-27-46(10)11)25-24-42(6)35(38(33)44)16-17-37-41(5)21-19-34(31-12-14-32(15-13-31)39(48)49)40(3,4)36(41)20-22-43(37,42)7/h12-15,30,33-38H,16-29H2,1-11H3,(H,48,49)/t33-,34+,35+,36?,37?,38?,41-,42+,43+,44-/m0/s1. The van der Waals surface area contributed by atoms with Crippen molar-refractivity contribution in [2.24, 2.45) is 57.2 Å². The fraction of sp³-hybridized carbons (Fsp3) is 0.841. The second kappa shape index (κ2) is 13.2. The molecule has 0 radical (unpaired) electrons. The zero-order valence-corrected chi connectivity index (χ0v) is 33.4. The third kappa shape index (κ3) is 5.87. The first kappa shape index (κ1) is 37.3. The zero-order chi connectivity index (χ0) is 35.7. The summed E-state index contributed by atoms with van der Waals surface area (Å²) in [4.78, 5) is 19.5. The van der Waals surface area contributed by atoms with Gasteiger partial charge in [0.15, 0.2) is 0 Å². The van der Waals surface area contributed by atoms with Gasteiger partial charge in [-0.15, -0.1) is 0 Å². The highest BCUT2D eigenvalue weighted by molar-refractivity contribution is 5.87. The van der Waals surface area contributed by atoms with Crippen molar-refractivity contribution in [1.82, 2.24) is 14.7 Å². The number of carboxylic acids is 1. The van der Waals surface area contributed by atoms with Crippen molar-refractivity contribution in [2.75, 3.05) is 54.4 Å². The largest absolute Gasteiger partial charge is 0.478 e. The van der Waals surface area contributed by atoms with Gasteiger partial charge >= 0.3 is 5.97 Å². The summed E-state index contributed by atoms with van der Waals surface area (Å²) in [5.74, 6) is 4.33. The van der Waals surface area contributed by atoms with Crippen LogP contribution in [0.15, 0.2) is 24.3 Å². The number of rotatable bonds is 10. The van der Waals surface area contributed by atoms with Crippen LogP contribution >= 0.6 is 0 Å². The van der Waals surface area contributed by atoms with E-state index >= 15 is 0 Å². The maximum atomic E-state index is 11.6. The van der Waals surface area contributed by atoms with E-state index in [0.717, 1.165) is 42.7 Å². The number of benzene rings is 1. The Kier molecular flexibility index (Phi) is 10.1. The summed E-state index contributed by atoms with van der Waals surface area (Å²) in [6.07, 6.45) is 13.7. The van der Waals surface area contributed by atoms with Gasteiger partial charge in [-0.2, -0.15) is 0 Å². The van der Waals surface area contributed by atoms with Gasteiger partial charge < -0.3 is 14.9 Å². The van der Waals surface area contributed by atoms with Gasteiger partial charge in [0.1, 0.15) is 0 Å². The molecule has 0 aliphatic heterocycles. The molecule has 3 unspecified atom stereocenters. The number of carbonyl (C=O) groups is 1. The Morgan fingerprint density at radius 2 is 1.37 bits per heavy atom. The van der Waals surface area contributed by atoms with Crippen LogP contribution in [-0.2, 0) is 0 Å². The van der Waals surface area contributed by atoms with Crippen molar-refractivity contribution in [3.05, 3.63) is 35.4 Å². The lowest BCUT2D eigenvalue weighted by Gasteiger charge is -2.73. The number of likely N-dealkylation sites (N-methyl/N-ethyl adjacent to an activating group) is 2. The average Bonchev–Trinajstić information content (AvgIpc) is 3.42. The first-order valence-corrected chi connectivity index (χ1v) is 20.3. The molecule has 5 saturated carbocycles. The first-order chi connectivity index (χ1) is 22.9. The Balaban J connectivity index is 1.32. The van der Waals surface area contributed by atoms with Gasteiger partial charge in [-0.1, -0.05) is 60.6 Å². The Bertz CT molecular complexity index is 1330. The second-order valence-corrected chi connectivity index (χ2v) is 20.2. The highest BCUT2D eigenvalue weighted by Gasteiger charge is 2.71. The predicted octanol–water partition coefficient (Wildman–Crippen LogP) is 9.38. The molecule has 0 heterocycles. The van der Waals surface area contributed by atoms with Crippen LogP contribution in [-0.4, -0.2) is 85.7 Å². The maximum Gasteiger partial charge on any atom is 0.335 e. The maximum absolute atomic E-state index is 11.6. The topological polar surface area (TPSA) is 47.0 Å². The SMILES string of the molecule is CC(C)[C@@H]1CC[C@]2(N(CCN(C)C)CCN(C)C)CC[C@]3(C)[C@H](CCC4[C@@]5(C)CC[C@H](c6ccc(C(=O)O)cc6)C(C)(C)C5CC[C@]43C)C12. The molecule has 0 saturated heterocycles. The Labute approximate surface area is 301 Å². The fourth-order valence-electron chi connectivity index (χ4n) is 14.6. The molecule has 0 amide bonds. The predicted molar refractivity (Wildman–Crippen MR) is 204 cm³/mol. The molecule has 6 rings (SSSR count). The van der Waals surface area contributed by atoms with Crippen LogP contribution in [0.4, 0.5) is 0 Å². The zero-order valence-electron chi connectivity index (χ0n) is 33.4. The van der Waals surface area contributed by atoms with E-state index in [9.17, 15) is 9.90 Å². The van der Waals surface area contributed by atoms with Crippen LogP contribution in [0.3, 0.4) is 0 Å². The number of hydrogen-bond acceptors (Lipinski definition) is 4. The molecule has 1 N–H and O–H groups in total. The molecule has 276 valence electrons. The van der Waals surface area contributed by atoms with Crippen LogP contribution in [0.2, 0.25) is 0 Å². The average molecular weight is 676 g/mol. The Hall–Kier alpha value is -1.43. The van der Waals surface area contributed by atoms with E-state index in [-0.39, 0.29) is 5.41 Å². The van der Waals surface area contributed by atoms with Gasteiger partial charge in [0.25, 0.3) is 0 Å². The van der Waals surface area contributed by atoms with Gasteiger partial charge in [-0.25, -0.2) is 4.79 Å². The summed E-state index contributed by atoms with van der Waals surface area (Å²) in [6.45, 7) is 23.3. The summed E-state index contributed by atoms with van der Waals surface area (Å²) in [5, 5.41) is 9.53. The van der Waals surface area contributed by atoms with Gasteiger partial charge in [0.2, 0.25) is 0 Å². The molecule has 0 bridgehead atoms. The molecule has 1 aromatic rings. The van der Waals surface area contributed by atoms with E-state index in [0.29, 0.717) is 39.2 Å². The van der Waals surface area contributed by atoms with Crippen molar-refractivity contribution in [3.8, 4) is 0 Å². The van der Waals surface area contributed by atoms with Crippen LogP contribution in [0.5, 0.6) is 0 Å². The van der Waals surface area contributed by atoms with Gasteiger partial charge in [-0.3, -0.25) is 4.90 Å². The molecule has 5 aliphatic rings. The first-order valence-electron chi connectivity index (χ1n) is 20.3. The molecule has 10 atom stereocenters. The highest BCUT2D eigenvalue weighted by atomic mass is 16.4. The van der Waals surface area contributed by atoms with E-state index in [2.05, 4.69) is 103 Å². The van der Waals surface area contributed by atoms with Crippen molar-refractivity contribution in [1.29, 1.82) is 0 Å². The van der Waals surface area contributed by atoms with E-state index in [1.165, 1.54) is 82.9 Å². The quantitative estimate of drug-likeness (QED) is 0.268. The minimum Gasteiger partial charge on any atom is -0.478 e. The van der Waals surface area contributed by atoms with Gasteiger partial charge in [-0.05, 0) is 173 Å². The van der Waals surface area contributed by atoms with Crippen molar-refractivity contribution >= 4 is 5.97 Å². The van der Waals surface area contributed by atoms with Crippen molar-refractivity contribution in [2.45, 2.75) is 124 Å². The van der Waals surface area contributed by atoms with E-state index in [4.69, 9.17) is 0 Å². The van der Waals surface area contributed by atoms with Crippen LogP contribution in [0.1, 0.15) is 135 Å². The van der Waals surface area contributed by atoms with Crippen LogP contribution < -0.4 is 0 Å². The monoisotopic (exact) mass is 676 g/mol. The Morgan fingerprint density at radius 3 is 1.94 bits per heavy atom. The number of nitrogens with zero attached hydrogens (tertiary/aromatic N) is 3. The summed E-state index contributed by atoms with van der Waals surface area (Å²) in [6, 6.07) is 7.92. The number of fused-ring (bicyclic) bond motifs is 7. The lowest BCUT2D eigenvalue weighted by Crippen LogP contribution is -2.69. The molecular weight excluding hydrogens is 603 g/mol. The van der Waals surface area contributed by atoms with Crippen LogP contribution in [0.25, 0.3) is 0 Å². The molecular formula is C44H73N3O2. The fourth-order valence-corrected chi connectivity index (χ4v) is 14.6. The highest BCUT2D eigenvalue weighted by Crippen LogP contribution is 2.77. The minimum atomic E-state index is -0.829. The molecule has 5 fully saturated rings. The summed E-state index contributed by atoms with van der Waals surface area (Å²) in [5.41, 5.74) is 3.40. The summed E-state index contributed by atoms with van der Waals surface area (Å²) >= 11 is 0. The third-order valence-corrected chi connectivity index (χ3v) is 17.2. The number of aromatic carboxylic acids is 1. The lowest BCUT2D eigenvalue weighted by molar-refractivity contribution is -0.242. The number of hydrogen-bond donors (Lipinski definition) is 1. The molecule has 5 nitrogen and oxygen atoms in total. The van der Waals surface area contributed by atoms with Gasteiger partial charge in [0, 0.05) is 31.7 Å². The van der Waals surface area contributed by atoms with Gasteiger partial charge in [0.05, 0.1) is 5.56 Å². The summed E-state index contributed by atoms with van der Waals surface area (Å²) in [7, 11) is 9.02. The molecule has 49 heavy (non-hydrogen) atoms. The van der Waals surface area contributed by atoms with E-state index in [1.807, 2.05) is 12.1 Å². The molecule has 5 heteroatoms. The minimum absolute atomic E-state index is 0.187. The molecule has 0 aromatic heterocycles. The smallest absolute Gasteiger partial charge is 0.335 e. The molecule has 0 spiro atoms.